The van der Waals surface area contributed by atoms with Crippen molar-refractivity contribution in [3.63, 3.8) is 0 Å². The topological polar surface area (TPSA) is 80.7 Å². The fourth-order valence-electron chi connectivity index (χ4n) is 2.52. The number of anilines is 2. The van der Waals surface area contributed by atoms with Gasteiger partial charge in [-0.3, -0.25) is 4.79 Å². The molecule has 0 aliphatic rings. The van der Waals surface area contributed by atoms with Crippen molar-refractivity contribution >= 4 is 28.1 Å². The van der Waals surface area contributed by atoms with Gasteiger partial charge in [0.05, 0.1) is 26.3 Å². The first-order valence-electron chi connectivity index (χ1n) is 7.86. The standard InChI is InChI=1S/C19H18N2O4S/c1-24-13-8-9-15(25-2)14(10-13)18-16(11-17(22)23)26-19(21-18)20-12-6-4-3-5-7-12/h3-10H,11H2,1-2H3,(H,20,21)(H,22,23). The average molecular weight is 370 g/mol. The number of rotatable bonds is 7. The molecule has 26 heavy (non-hydrogen) atoms. The van der Waals surface area contributed by atoms with Crippen LogP contribution in [-0.4, -0.2) is 30.3 Å². The molecule has 2 N–H and O–H groups in total. The molecule has 3 rings (SSSR count). The van der Waals surface area contributed by atoms with Crippen LogP contribution in [0.2, 0.25) is 0 Å². The summed E-state index contributed by atoms with van der Waals surface area (Å²) in [7, 11) is 3.14. The number of ether oxygens (including phenoxy) is 2. The normalized spacial score (nSPS) is 10.4. The van der Waals surface area contributed by atoms with Crippen LogP contribution < -0.4 is 14.8 Å². The number of nitrogens with zero attached hydrogens (tertiary/aromatic N) is 1. The second-order valence-electron chi connectivity index (χ2n) is 5.42. The Bertz CT molecular complexity index is 909. The van der Waals surface area contributed by atoms with E-state index in [1.165, 1.54) is 11.3 Å². The summed E-state index contributed by atoms with van der Waals surface area (Å²) in [5, 5.41) is 13.1. The van der Waals surface area contributed by atoms with Crippen molar-refractivity contribution in [2.75, 3.05) is 19.5 Å². The minimum Gasteiger partial charge on any atom is -0.497 e. The highest BCUT2D eigenvalue weighted by atomic mass is 32.1. The van der Waals surface area contributed by atoms with Crippen LogP contribution in [0.3, 0.4) is 0 Å². The molecule has 0 fully saturated rings. The molecule has 0 saturated carbocycles. The maximum atomic E-state index is 11.3. The van der Waals surface area contributed by atoms with Crippen molar-refractivity contribution < 1.29 is 19.4 Å². The molecular weight excluding hydrogens is 352 g/mol. The van der Waals surface area contributed by atoms with Gasteiger partial charge in [-0.05, 0) is 30.3 Å². The number of aliphatic carboxylic acids is 1. The van der Waals surface area contributed by atoms with E-state index in [0.717, 1.165) is 5.69 Å². The number of carboxylic acids is 1. The van der Waals surface area contributed by atoms with Crippen LogP contribution in [0.4, 0.5) is 10.8 Å². The van der Waals surface area contributed by atoms with E-state index >= 15 is 0 Å². The lowest BCUT2D eigenvalue weighted by Crippen LogP contribution is -2.00. The fraction of sp³-hybridized carbons (Fsp3) is 0.158. The van der Waals surface area contributed by atoms with Gasteiger partial charge in [-0.15, -0.1) is 11.3 Å². The Labute approximate surface area is 155 Å². The Morgan fingerprint density at radius 3 is 2.58 bits per heavy atom. The number of benzene rings is 2. The SMILES string of the molecule is COc1ccc(OC)c(-c2nc(Nc3ccccc3)sc2CC(=O)O)c1. The van der Waals surface area contributed by atoms with Crippen LogP contribution in [0.1, 0.15) is 4.88 Å². The molecule has 0 saturated heterocycles. The third-order valence-electron chi connectivity index (χ3n) is 3.70. The van der Waals surface area contributed by atoms with Gasteiger partial charge < -0.3 is 19.9 Å². The molecule has 7 heteroatoms. The first kappa shape index (κ1) is 17.8. The van der Waals surface area contributed by atoms with Crippen molar-refractivity contribution in [2.45, 2.75) is 6.42 Å². The molecule has 1 heterocycles. The highest BCUT2D eigenvalue weighted by molar-refractivity contribution is 7.16. The minimum absolute atomic E-state index is 0.121. The maximum Gasteiger partial charge on any atom is 0.308 e. The van der Waals surface area contributed by atoms with Crippen LogP contribution in [0.15, 0.2) is 48.5 Å². The Kier molecular flexibility index (Phi) is 5.38. The molecule has 6 nitrogen and oxygen atoms in total. The molecule has 0 amide bonds. The number of thiazole rings is 1. The second-order valence-corrected chi connectivity index (χ2v) is 6.50. The van der Waals surface area contributed by atoms with Crippen molar-refractivity contribution in [1.82, 2.24) is 4.98 Å². The summed E-state index contributed by atoms with van der Waals surface area (Å²) < 4.78 is 10.7. The third-order valence-corrected chi connectivity index (χ3v) is 4.67. The largest absolute Gasteiger partial charge is 0.497 e. The van der Waals surface area contributed by atoms with Crippen molar-refractivity contribution in [3.8, 4) is 22.8 Å². The highest BCUT2D eigenvalue weighted by Crippen LogP contribution is 2.39. The van der Waals surface area contributed by atoms with E-state index < -0.39 is 5.97 Å². The molecule has 134 valence electrons. The van der Waals surface area contributed by atoms with Crippen molar-refractivity contribution in [3.05, 3.63) is 53.4 Å². The number of para-hydroxylation sites is 1. The molecule has 0 atom stereocenters. The molecule has 1 aromatic heterocycles. The first-order valence-corrected chi connectivity index (χ1v) is 8.68. The Morgan fingerprint density at radius 2 is 1.92 bits per heavy atom. The van der Waals surface area contributed by atoms with Gasteiger partial charge in [0.2, 0.25) is 0 Å². The lowest BCUT2D eigenvalue weighted by molar-refractivity contribution is -0.136. The summed E-state index contributed by atoms with van der Waals surface area (Å²) in [6, 6.07) is 15.0. The monoisotopic (exact) mass is 370 g/mol. The quantitative estimate of drug-likeness (QED) is 0.649. The number of carbonyl (C=O) groups is 1. The van der Waals surface area contributed by atoms with E-state index in [4.69, 9.17) is 9.47 Å². The molecule has 3 aromatic rings. The van der Waals surface area contributed by atoms with Gasteiger partial charge in [0.25, 0.3) is 0 Å². The zero-order chi connectivity index (χ0) is 18.5. The van der Waals surface area contributed by atoms with Crippen molar-refractivity contribution in [1.29, 1.82) is 0 Å². The van der Waals surface area contributed by atoms with Crippen LogP contribution >= 0.6 is 11.3 Å². The summed E-state index contributed by atoms with van der Waals surface area (Å²) in [5.74, 6) is 0.338. The fourth-order valence-corrected chi connectivity index (χ4v) is 3.50. The molecule has 0 spiro atoms. The molecule has 2 aromatic carbocycles. The number of hydrogen-bond donors (Lipinski definition) is 2. The van der Waals surface area contributed by atoms with E-state index in [1.54, 1.807) is 32.4 Å². The van der Waals surface area contributed by atoms with Gasteiger partial charge in [0.15, 0.2) is 5.13 Å². The number of methoxy groups -OCH3 is 2. The average Bonchev–Trinajstić information content (AvgIpc) is 3.03. The van der Waals surface area contributed by atoms with E-state index in [2.05, 4.69) is 10.3 Å². The molecular formula is C19H18N2O4S. The lowest BCUT2D eigenvalue weighted by atomic mass is 10.1. The number of hydrogen-bond acceptors (Lipinski definition) is 6. The van der Waals surface area contributed by atoms with Crippen molar-refractivity contribution in [2.24, 2.45) is 0 Å². The summed E-state index contributed by atoms with van der Waals surface area (Å²) in [6.07, 6.45) is -0.121. The van der Waals surface area contributed by atoms with Gasteiger partial charge in [-0.25, -0.2) is 4.98 Å². The van der Waals surface area contributed by atoms with E-state index in [1.807, 2.05) is 30.3 Å². The summed E-state index contributed by atoms with van der Waals surface area (Å²) in [6.45, 7) is 0. The summed E-state index contributed by atoms with van der Waals surface area (Å²) in [4.78, 5) is 16.6. The molecule has 0 radical (unpaired) electrons. The van der Waals surface area contributed by atoms with Gasteiger partial charge in [0, 0.05) is 16.1 Å². The summed E-state index contributed by atoms with van der Waals surface area (Å²) >= 11 is 1.31. The Hall–Kier alpha value is -3.06. The maximum absolute atomic E-state index is 11.3. The predicted octanol–water partition coefficient (Wildman–Crippen LogP) is 4.20. The van der Waals surface area contributed by atoms with Crippen LogP contribution in [0.25, 0.3) is 11.3 Å². The number of nitrogens with one attached hydrogen (secondary N) is 1. The lowest BCUT2D eigenvalue weighted by Gasteiger charge is -2.10. The van der Waals surface area contributed by atoms with E-state index in [0.29, 0.717) is 32.8 Å². The number of carboxylic acid groups (broad SMARTS) is 1. The van der Waals surface area contributed by atoms with Crippen LogP contribution in [0.5, 0.6) is 11.5 Å². The second kappa shape index (κ2) is 7.88. The van der Waals surface area contributed by atoms with Gasteiger partial charge in [-0.2, -0.15) is 0 Å². The van der Waals surface area contributed by atoms with Gasteiger partial charge >= 0.3 is 5.97 Å². The highest BCUT2D eigenvalue weighted by Gasteiger charge is 2.19. The number of aromatic nitrogens is 1. The van der Waals surface area contributed by atoms with E-state index in [-0.39, 0.29) is 6.42 Å². The molecule has 0 aliphatic carbocycles. The van der Waals surface area contributed by atoms with Crippen LogP contribution in [-0.2, 0) is 11.2 Å². The van der Waals surface area contributed by atoms with Gasteiger partial charge in [-0.1, -0.05) is 18.2 Å². The van der Waals surface area contributed by atoms with E-state index in [9.17, 15) is 9.90 Å². The smallest absolute Gasteiger partial charge is 0.308 e. The Morgan fingerprint density at radius 1 is 1.15 bits per heavy atom. The minimum atomic E-state index is -0.914. The van der Waals surface area contributed by atoms with Gasteiger partial charge in [0.1, 0.15) is 11.5 Å². The molecule has 0 unspecified atom stereocenters. The predicted molar refractivity (Wildman–Crippen MR) is 102 cm³/mol. The zero-order valence-electron chi connectivity index (χ0n) is 14.4. The summed E-state index contributed by atoms with van der Waals surface area (Å²) in [5.41, 5.74) is 2.15. The van der Waals surface area contributed by atoms with Crippen LogP contribution in [0, 0.1) is 0 Å². The Balaban J connectivity index is 2.06. The third kappa shape index (κ3) is 3.94. The zero-order valence-corrected chi connectivity index (χ0v) is 15.2. The molecule has 0 bridgehead atoms. The first-order chi connectivity index (χ1) is 12.6. The molecule has 0 aliphatic heterocycles.